The quantitative estimate of drug-likeness (QED) is 0.808. The van der Waals surface area contributed by atoms with Crippen molar-refractivity contribution in [3.05, 3.63) is 62.3 Å². The first kappa shape index (κ1) is 14.5. The van der Waals surface area contributed by atoms with E-state index in [1.54, 1.807) is 19.2 Å². The maximum Gasteiger partial charge on any atom is 0.281 e. The van der Waals surface area contributed by atoms with Gasteiger partial charge in [0.25, 0.3) is 5.56 Å². The number of anilines is 1. The molecular formula is C16H15N3O2S. The number of hydrogen-bond acceptors (Lipinski definition) is 4. The Kier molecular flexibility index (Phi) is 3.77. The molecule has 0 aromatic carbocycles. The molecule has 6 heteroatoms. The molecule has 0 aliphatic carbocycles. The van der Waals surface area contributed by atoms with Crippen LogP contribution in [0.2, 0.25) is 0 Å². The molecular weight excluding hydrogens is 298 g/mol. The smallest absolute Gasteiger partial charge is 0.281 e. The van der Waals surface area contributed by atoms with E-state index in [1.165, 1.54) is 15.7 Å². The lowest BCUT2D eigenvalue weighted by atomic mass is 10.2. The molecule has 0 atom stereocenters. The van der Waals surface area contributed by atoms with Crippen molar-refractivity contribution >= 4 is 28.6 Å². The van der Waals surface area contributed by atoms with Crippen molar-refractivity contribution in [2.24, 2.45) is 0 Å². The average molecular weight is 313 g/mol. The number of carbonyl (C=O) groups excluding carboxylic acids is 1. The maximum atomic E-state index is 12.6. The van der Waals surface area contributed by atoms with Gasteiger partial charge in [0.05, 0.1) is 12.1 Å². The van der Waals surface area contributed by atoms with E-state index in [2.05, 4.69) is 10.3 Å². The molecule has 0 saturated heterocycles. The number of nitrogens with one attached hydrogen (secondary N) is 1. The van der Waals surface area contributed by atoms with Crippen LogP contribution in [0.3, 0.4) is 0 Å². The minimum atomic E-state index is -0.259. The Labute approximate surface area is 131 Å². The van der Waals surface area contributed by atoms with E-state index >= 15 is 0 Å². The Bertz CT molecular complexity index is 898. The summed E-state index contributed by atoms with van der Waals surface area (Å²) in [6.45, 7) is 3.63. The first-order valence-corrected chi connectivity index (χ1v) is 7.74. The second-order valence-corrected chi connectivity index (χ2v) is 6.15. The molecule has 0 saturated carbocycles. The monoisotopic (exact) mass is 313 g/mol. The van der Waals surface area contributed by atoms with Gasteiger partial charge in [0.1, 0.15) is 11.3 Å². The van der Waals surface area contributed by atoms with Crippen LogP contribution in [-0.2, 0) is 11.2 Å². The highest BCUT2D eigenvalue weighted by molar-refractivity contribution is 7.10. The van der Waals surface area contributed by atoms with Crippen LogP contribution in [0.25, 0.3) is 5.65 Å². The number of carbonyl (C=O) groups is 1. The van der Waals surface area contributed by atoms with Gasteiger partial charge < -0.3 is 5.32 Å². The average Bonchev–Trinajstić information content (AvgIpc) is 2.97. The molecule has 112 valence electrons. The van der Waals surface area contributed by atoms with Crippen LogP contribution in [0.15, 0.2) is 40.6 Å². The summed E-state index contributed by atoms with van der Waals surface area (Å²) < 4.78 is 1.46. The van der Waals surface area contributed by atoms with Crippen molar-refractivity contribution in [1.29, 1.82) is 0 Å². The third-order valence-electron chi connectivity index (χ3n) is 3.33. The summed E-state index contributed by atoms with van der Waals surface area (Å²) in [6.07, 6.45) is 1.98. The van der Waals surface area contributed by atoms with Crippen molar-refractivity contribution in [2.75, 3.05) is 5.32 Å². The molecule has 3 rings (SSSR count). The lowest BCUT2D eigenvalue weighted by Gasteiger charge is -2.09. The summed E-state index contributed by atoms with van der Waals surface area (Å²) in [5.74, 6) is -0.211. The Morgan fingerprint density at radius 2 is 2.14 bits per heavy atom. The summed E-state index contributed by atoms with van der Waals surface area (Å²) in [5, 5.41) is 4.62. The molecule has 0 aliphatic rings. The van der Waals surface area contributed by atoms with Crippen LogP contribution in [0, 0.1) is 13.8 Å². The molecule has 1 N–H and O–H groups in total. The molecule has 0 fully saturated rings. The van der Waals surface area contributed by atoms with E-state index in [9.17, 15) is 9.59 Å². The molecule has 3 heterocycles. The van der Waals surface area contributed by atoms with Gasteiger partial charge in [-0.15, -0.1) is 11.3 Å². The van der Waals surface area contributed by atoms with Gasteiger partial charge in [-0.3, -0.25) is 14.0 Å². The Balaban J connectivity index is 1.96. The minimum absolute atomic E-state index is 0.211. The van der Waals surface area contributed by atoms with Gasteiger partial charge in [-0.1, -0.05) is 12.1 Å². The van der Waals surface area contributed by atoms with Crippen LogP contribution in [-0.4, -0.2) is 15.3 Å². The van der Waals surface area contributed by atoms with Crippen LogP contribution < -0.4 is 10.9 Å². The highest BCUT2D eigenvalue weighted by atomic mass is 32.1. The number of fused-ring (bicyclic) bond motifs is 1. The Morgan fingerprint density at radius 3 is 2.86 bits per heavy atom. The summed E-state index contributed by atoms with van der Waals surface area (Å²) >= 11 is 1.51. The molecule has 0 spiro atoms. The number of hydrogen-bond donors (Lipinski definition) is 1. The van der Waals surface area contributed by atoms with Gasteiger partial charge in [-0.05, 0) is 36.9 Å². The summed E-state index contributed by atoms with van der Waals surface area (Å²) in [6, 6.07) is 7.48. The standard InChI is InChI=1S/C16H15N3O2S/c1-10-5-6-13-17-11(2)15(16(21)19(13)9-10)18-14(20)8-12-4-3-7-22-12/h3-7,9H,8H2,1-2H3,(H,18,20). The van der Waals surface area contributed by atoms with E-state index in [4.69, 9.17) is 0 Å². The van der Waals surface area contributed by atoms with Crippen LogP contribution in [0.1, 0.15) is 16.1 Å². The van der Waals surface area contributed by atoms with Crippen molar-refractivity contribution in [1.82, 2.24) is 9.38 Å². The lowest BCUT2D eigenvalue weighted by Crippen LogP contribution is -2.25. The topological polar surface area (TPSA) is 63.5 Å². The van der Waals surface area contributed by atoms with Gasteiger partial charge in [-0.2, -0.15) is 0 Å². The van der Waals surface area contributed by atoms with Crippen LogP contribution >= 0.6 is 11.3 Å². The molecule has 0 bridgehead atoms. The predicted molar refractivity (Wildman–Crippen MR) is 87.6 cm³/mol. The molecule has 0 aliphatic heterocycles. The fraction of sp³-hybridized carbons (Fsp3) is 0.188. The molecule has 0 radical (unpaired) electrons. The van der Waals surface area contributed by atoms with E-state index in [0.717, 1.165) is 10.4 Å². The van der Waals surface area contributed by atoms with Gasteiger partial charge in [0.2, 0.25) is 5.91 Å². The fourth-order valence-electron chi connectivity index (χ4n) is 2.25. The van der Waals surface area contributed by atoms with Crippen molar-refractivity contribution in [2.45, 2.75) is 20.3 Å². The summed E-state index contributed by atoms with van der Waals surface area (Å²) in [5.41, 5.74) is 2.03. The number of nitrogens with zero attached hydrogens (tertiary/aromatic N) is 2. The van der Waals surface area contributed by atoms with Crippen molar-refractivity contribution in [3.63, 3.8) is 0 Å². The van der Waals surface area contributed by atoms with E-state index in [0.29, 0.717) is 11.3 Å². The van der Waals surface area contributed by atoms with Crippen molar-refractivity contribution < 1.29 is 4.79 Å². The molecule has 5 nitrogen and oxygen atoms in total. The van der Waals surface area contributed by atoms with E-state index < -0.39 is 0 Å². The number of aromatic nitrogens is 2. The largest absolute Gasteiger partial charge is 0.320 e. The Hall–Kier alpha value is -2.47. The van der Waals surface area contributed by atoms with Gasteiger partial charge in [0, 0.05) is 11.1 Å². The van der Waals surface area contributed by atoms with Gasteiger partial charge >= 0.3 is 0 Å². The number of pyridine rings is 1. The van der Waals surface area contributed by atoms with Gasteiger partial charge in [0.15, 0.2) is 0 Å². The predicted octanol–water partition coefficient (Wildman–Crippen LogP) is 2.55. The maximum absolute atomic E-state index is 12.6. The van der Waals surface area contributed by atoms with Crippen LogP contribution in [0.5, 0.6) is 0 Å². The number of thiophene rings is 1. The molecule has 3 aromatic rings. The van der Waals surface area contributed by atoms with E-state index in [-0.39, 0.29) is 23.6 Å². The third-order valence-corrected chi connectivity index (χ3v) is 4.21. The van der Waals surface area contributed by atoms with E-state index in [1.807, 2.05) is 30.5 Å². The zero-order valence-electron chi connectivity index (χ0n) is 12.3. The second kappa shape index (κ2) is 5.73. The Morgan fingerprint density at radius 1 is 1.32 bits per heavy atom. The highest BCUT2D eigenvalue weighted by Gasteiger charge is 2.13. The molecule has 1 amide bonds. The zero-order valence-corrected chi connectivity index (χ0v) is 13.1. The fourth-order valence-corrected chi connectivity index (χ4v) is 2.96. The normalized spacial score (nSPS) is 10.8. The zero-order chi connectivity index (χ0) is 15.7. The summed E-state index contributed by atoms with van der Waals surface area (Å²) in [4.78, 5) is 30.0. The van der Waals surface area contributed by atoms with Crippen LogP contribution in [0.4, 0.5) is 5.69 Å². The SMILES string of the molecule is Cc1ccc2nc(C)c(NC(=O)Cc3cccs3)c(=O)n2c1. The molecule has 22 heavy (non-hydrogen) atoms. The van der Waals surface area contributed by atoms with Crippen molar-refractivity contribution in [3.8, 4) is 0 Å². The first-order chi connectivity index (χ1) is 10.5. The molecule has 3 aromatic heterocycles. The highest BCUT2D eigenvalue weighted by Crippen LogP contribution is 2.13. The number of amides is 1. The number of rotatable bonds is 3. The first-order valence-electron chi connectivity index (χ1n) is 6.86. The summed E-state index contributed by atoms with van der Waals surface area (Å²) in [7, 11) is 0. The second-order valence-electron chi connectivity index (χ2n) is 5.12. The lowest BCUT2D eigenvalue weighted by molar-refractivity contribution is -0.115. The third kappa shape index (κ3) is 2.78. The number of aryl methyl sites for hydroxylation is 2. The molecule has 0 unspecified atom stereocenters. The van der Waals surface area contributed by atoms with Gasteiger partial charge in [-0.25, -0.2) is 4.98 Å². The minimum Gasteiger partial charge on any atom is -0.320 e.